The number of primary amides is 1. The Labute approximate surface area is 122 Å². The van der Waals surface area contributed by atoms with Crippen LogP contribution < -0.4 is 10.6 Å². The monoisotopic (exact) mass is 290 g/mol. The molecule has 2 amide bonds. The minimum Gasteiger partial charge on any atom is -0.467 e. The van der Waals surface area contributed by atoms with Gasteiger partial charge in [0.2, 0.25) is 11.8 Å². The smallest absolute Gasteiger partial charge is 0.329 e. The fraction of sp³-hybridized carbons (Fsp3) is 0.400. The number of carbonyl (C=O) groups excluding carboxylic acids is 3. The van der Waals surface area contributed by atoms with Crippen LogP contribution in [0.4, 0.5) is 5.69 Å². The summed E-state index contributed by atoms with van der Waals surface area (Å²) in [5, 5.41) is 0. The Morgan fingerprint density at radius 1 is 1.38 bits per heavy atom. The van der Waals surface area contributed by atoms with E-state index >= 15 is 0 Å². The zero-order chi connectivity index (χ0) is 15.6. The Bertz CT molecular complexity index is 597. The van der Waals surface area contributed by atoms with Crippen LogP contribution in [-0.2, 0) is 32.0 Å². The summed E-state index contributed by atoms with van der Waals surface area (Å²) >= 11 is 0. The number of carbonyl (C=O) groups is 3. The Hall–Kier alpha value is -2.37. The zero-order valence-corrected chi connectivity index (χ0v) is 12.1. The summed E-state index contributed by atoms with van der Waals surface area (Å²) in [6.45, 7) is 1.95. The lowest BCUT2D eigenvalue weighted by molar-refractivity contribution is -0.148. The van der Waals surface area contributed by atoms with E-state index in [2.05, 4.69) is 0 Å². The highest BCUT2D eigenvalue weighted by Crippen LogP contribution is 2.35. The van der Waals surface area contributed by atoms with Gasteiger partial charge in [0.25, 0.3) is 0 Å². The number of hydrogen-bond donors (Lipinski definition) is 1. The second-order valence-corrected chi connectivity index (χ2v) is 4.93. The van der Waals surface area contributed by atoms with Crippen LogP contribution in [0.25, 0.3) is 0 Å². The molecule has 0 aromatic heterocycles. The molecule has 1 aromatic carbocycles. The third-order valence-corrected chi connectivity index (χ3v) is 3.61. The van der Waals surface area contributed by atoms with Crippen LogP contribution >= 0.6 is 0 Å². The Balaban J connectivity index is 2.47. The van der Waals surface area contributed by atoms with Gasteiger partial charge in [0.1, 0.15) is 6.04 Å². The molecule has 1 heterocycles. The van der Waals surface area contributed by atoms with Crippen molar-refractivity contribution in [2.75, 3.05) is 12.0 Å². The van der Waals surface area contributed by atoms with Crippen molar-refractivity contribution in [2.45, 2.75) is 32.2 Å². The molecule has 2 N–H and O–H groups in total. The molecule has 6 nitrogen and oxygen atoms in total. The normalized spacial score (nSPS) is 17.3. The molecule has 1 aliphatic rings. The van der Waals surface area contributed by atoms with Crippen LogP contribution in [0.1, 0.15) is 24.5 Å². The molecule has 0 saturated carbocycles. The molecule has 0 aliphatic carbocycles. The number of β-lactam (4-membered cyclic amide) rings is 1. The van der Waals surface area contributed by atoms with Gasteiger partial charge in [-0.3, -0.25) is 14.5 Å². The van der Waals surface area contributed by atoms with Gasteiger partial charge in [-0.05, 0) is 17.5 Å². The van der Waals surface area contributed by atoms with E-state index in [9.17, 15) is 14.4 Å². The summed E-state index contributed by atoms with van der Waals surface area (Å²) < 4.78 is 4.72. The van der Waals surface area contributed by atoms with Crippen molar-refractivity contribution in [1.82, 2.24) is 0 Å². The lowest BCUT2D eigenvalue weighted by atomic mass is 9.94. The van der Waals surface area contributed by atoms with E-state index < -0.39 is 17.9 Å². The van der Waals surface area contributed by atoms with Gasteiger partial charge in [-0.2, -0.15) is 0 Å². The first-order chi connectivity index (χ1) is 9.99. The Morgan fingerprint density at radius 3 is 2.57 bits per heavy atom. The quantitative estimate of drug-likeness (QED) is 0.633. The van der Waals surface area contributed by atoms with Crippen LogP contribution in [-0.4, -0.2) is 30.9 Å². The number of para-hydroxylation sites is 1. The molecule has 0 radical (unpaired) electrons. The van der Waals surface area contributed by atoms with E-state index in [-0.39, 0.29) is 18.7 Å². The Morgan fingerprint density at radius 2 is 2.05 bits per heavy atom. The first-order valence-electron chi connectivity index (χ1n) is 6.78. The number of anilines is 1. The Kier molecular flexibility index (Phi) is 4.26. The SMILES string of the molecule is CCc1cccc(CC(N)=O)c1N1C(=O)C[C@H]1C(=O)OC. The molecule has 1 atom stereocenters. The molecule has 1 aliphatic heterocycles. The second-order valence-electron chi connectivity index (χ2n) is 4.93. The van der Waals surface area contributed by atoms with Crippen molar-refractivity contribution >= 4 is 23.5 Å². The van der Waals surface area contributed by atoms with E-state index in [0.717, 1.165) is 5.56 Å². The topological polar surface area (TPSA) is 89.7 Å². The third kappa shape index (κ3) is 2.74. The molecule has 1 saturated heterocycles. The van der Waals surface area contributed by atoms with Gasteiger partial charge in [-0.15, -0.1) is 0 Å². The summed E-state index contributed by atoms with van der Waals surface area (Å²) in [6.07, 6.45) is 0.835. The summed E-state index contributed by atoms with van der Waals surface area (Å²) in [4.78, 5) is 36.4. The van der Waals surface area contributed by atoms with Crippen LogP contribution in [0.15, 0.2) is 18.2 Å². The van der Waals surface area contributed by atoms with Crippen molar-refractivity contribution < 1.29 is 19.1 Å². The van der Waals surface area contributed by atoms with Gasteiger partial charge < -0.3 is 10.5 Å². The molecule has 1 aromatic rings. The van der Waals surface area contributed by atoms with Gasteiger partial charge in [0.15, 0.2) is 0 Å². The number of aryl methyl sites for hydroxylation is 1. The van der Waals surface area contributed by atoms with Gasteiger partial charge in [0.05, 0.1) is 25.6 Å². The van der Waals surface area contributed by atoms with Gasteiger partial charge >= 0.3 is 5.97 Å². The fourth-order valence-corrected chi connectivity index (χ4v) is 2.59. The van der Waals surface area contributed by atoms with Crippen molar-refractivity contribution in [3.05, 3.63) is 29.3 Å². The summed E-state index contributed by atoms with van der Waals surface area (Å²) in [7, 11) is 1.29. The summed E-state index contributed by atoms with van der Waals surface area (Å²) in [5.41, 5.74) is 7.44. The fourth-order valence-electron chi connectivity index (χ4n) is 2.59. The molecule has 0 unspecified atom stereocenters. The molecule has 1 fully saturated rings. The largest absolute Gasteiger partial charge is 0.467 e. The van der Waals surface area contributed by atoms with Crippen LogP contribution in [0.5, 0.6) is 0 Å². The van der Waals surface area contributed by atoms with E-state index in [1.807, 2.05) is 19.1 Å². The number of ether oxygens (including phenoxy) is 1. The first-order valence-corrected chi connectivity index (χ1v) is 6.78. The number of nitrogens with two attached hydrogens (primary N) is 1. The number of methoxy groups -OCH3 is 1. The lowest BCUT2D eigenvalue weighted by Gasteiger charge is -2.40. The van der Waals surface area contributed by atoms with E-state index in [4.69, 9.17) is 10.5 Å². The van der Waals surface area contributed by atoms with E-state index in [1.165, 1.54) is 12.0 Å². The number of benzene rings is 1. The predicted octanol–water partition coefficient (Wildman–Crippen LogP) is 0.555. The maximum Gasteiger partial charge on any atom is 0.329 e. The number of amides is 2. The lowest BCUT2D eigenvalue weighted by Crippen LogP contribution is -2.58. The number of hydrogen-bond acceptors (Lipinski definition) is 4. The maximum absolute atomic E-state index is 12.0. The van der Waals surface area contributed by atoms with E-state index in [1.54, 1.807) is 6.07 Å². The van der Waals surface area contributed by atoms with Crippen molar-refractivity contribution in [2.24, 2.45) is 5.73 Å². The van der Waals surface area contributed by atoms with Crippen LogP contribution in [0, 0.1) is 0 Å². The number of nitrogens with zero attached hydrogens (tertiary/aromatic N) is 1. The highest BCUT2D eigenvalue weighted by Gasteiger charge is 2.44. The predicted molar refractivity (Wildman–Crippen MR) is 76.6 cm³/mol. The average Bonchev–Trinajstić information content (AvgIpc) is 2.45. The molecule has 21 heavy (non-hydrogen) atoms. The van der Waals surface area contributed by atoms with E-state index in [0.29, 0.717) is 17.7 Å². The second kappa shape index (κ2) is 5.95. The van der Waals surface area contributed by atoms with Crippen molar-refractivity contribution in [3.63, 3.8) is 0 Å². The minimum atomic E-state index is -0.623. The zero-order valence-electron chi connectivity index (χ0n) is 12.1. The molecular weight excluding hydrogens is 272 g/mol. The highest BCUT2D eigenvalue weighted by atomic mass is 16.5. The number of esters is 1. The molecule has 112 valence electrons. The standard InChI is InChI=1S/C15H18N2O4/c1-3-9-5-4-6-10(7-12(16)18)14(9)17-11(8-13(17)19)15(20)21-2/h4-6,11H,3,7-8H2,1-2H3,(H2,16,18)/t11-/m0/s1. The minimum absolute atomic E-state index is 0.0286. The first kappa shape index (κ1) is 15.0. The van der Waals surface area contributed by atoms with Crippen molar-refractivity contribution in [3.8, 4) is 0 Å². The summed E-state index contributed by atoms with van der Waals surface area (Å²) in [6, 6.07) is 4.82. The molecule has 0 bridgehead atoms. The highest BCUT2D eigenvalue weighted by molar-refractivity contribution is 6.10. The third-order valence-electron chi connectivity index (χ3n) is 3.61. The number of rotatable bonds is 5. The maximum atomic E-state index is 12.0. The average molecular weight is 290 g/mol. The molecule has 2 rings (SSSR count). The van der Waals surface area contributed by atoms with Crippen molar-refractivity contribution in [1.29, 1.82) is 0 Å². The van der Waals surface area contributed by atoms with Crippen LogP contribution in [0.2, 0.25) is 0 Å². The molecule has 0 spiro atoms. The molecular formula is C15H18N2O4. The summed E-state index contributed by atoms with van der Waals surface area (Å²) in [5.74, 6) is -1.09. The van der Waals surface area contributed by atoms with Gasteiger partial charge in [0, 0.05) is 0 Å². The van der Waals surface area contributed by atoms with Crippen LogP contribution in [0.3, 0.4) is 0 Å². The van der Waals surface area contributed by atoms with Gasteiger partial charge in [-0.1, -0.05) is 25.1 Å². The van der Waals surface area contributed by atoms with Gasteiger partial charge in [-0.25, -0.2) is 4.79 Å². The molecule has 6 heteroatoms.